The molecule has 0 bridgehead atoms. The number of benzene rings is 2. The quantitative estimate of drug-likeness (QED) is 0.472. The summed E-state index contributed by atoms with van der Waals surface area (Å²) < 4.78 is 19.3. The van der Waals surface area contributed by atoms with Crippen LogP contribution in [0.15, 0.2) is 58.4 Å². The molecule has 0 amide bonds. The highest BCUT2D eigenvalue weighted by Gasteiger charge is 2.12. The van der Waals surface area contributed by atoms with Gasteiger partial charge in [0.1, 0.15) is 11.6 Å². The van der Waals surface area contributed by atoms with Crippen molar-refractivity contribution in [3.8, 4) is 23.1 Å². The number of rotatable bonds is 7. The van der Waals surface area contributed by atoms with Gasteiger partial charge in [-0.3, -0.25) is 9.78 Å². The van der Waals surface area contributed by atoms with Crippen LogP contribution in [0.2, 0.25) is 0 Å². The maximum atomic E-state index is 14.0. The van der Waals surface area contributed by atoms with Gasteiger partial charge in [-0.2, -0.15) is 10.4 Å². The summed E-state index contributed by atoms with van der Waals surface area (Å²) in [5, 5.41) is 13.3. The molecule has 0 aliphatic rings. The van der Waals surface area contributed by atoms with Crippen LogP contribution in [0.1, 0.15) is 24.5 Å². The smallest absolute Gasteiger partial charge is 0.270 e. The molecule has 0 spiro atoms. The van der Waals surface area contributed by atoms with E-state index in [2.05, 4.69) is 20.5 Å². The highest BCUT2D eigenvalue weighted by molar-refractivity contribution is 5.80. The van der Waals surface area contributed by atoms with E-state index >= 15 is 0 Å². The number of aromatic nitrogens is 2. The Bertz CT molecular complexity index is 1120. The highest BCUT2D eigenvalue weighted by Crippen LogP contribution is 2.20. The van der Waals surface area contributed by atoms with Crippen LogP contribution in [-0.2, 0) is 0 Å². The largest absolute Gasteiger partial charge is 0.491 e. The molecule has 1 aromatic heterocycles. The Morgan fingerprint density at radius 2 is 2.10 bits per heavy atom. The van der Waals surface area contributed by atoms with Crippen molar-refractivity contribution >= 4 is 12.2 Å². The molecule has 2 aromatic carbocycles. The van der Waals surface area contributed by atoms with Crippen LogP contribution in [0.5, 0.6) is 5.75 Å². The Morgan fingerprint density at radius 3 is 2.79 bits per heavy atom. The third-order valence-corrected chi connectivity index (χ3v) is 3.88. The van der Waals surface area contributed by atoms with Crippen molar-refractivity contribution in [2.45, 2.75) is 13.3 Å². The number of nitrogens with one attached hydrogen (secondary N) is 2. The van der Waals surface area contributed by atoms with Gasteiger partial charge in [-0.25, -0.2) is 14.8 Å². The predicted molar refractivity (Wildman–Crippen MR) is 108 cm³/mol. The monoisotopic (exact) mass is 391 g/mol. The van der Waals surface area contributed by atoms with E-state index in [9.17, 15) is 14.4 Å². The van der Waals surface area contributed by atoms with E-state index in [1.807, 2.05) is 19.1 Å². The molecule has 3 aromatic rings. The average molecular weight is 391 g/mol. The van der Waals surface area contributed by atoms with Gasteiger partial charge in [0.25, 0.3) is 5.56 Å². The average Bonchev–Trinajstić information content (AvgIpc) is 2.73. The number of aromatic amines is 1. The second kappa shape index (κ2) is 9.28. The van der Waals surface area contributed by atoms with Crippen LogP contribution < -0.4 is 15.7 Å². The van der Waals surface area contributed by atoms with Crippen molar-refractivity contribution in [2.24, 2.45) is 5.10 Å². The number of halogens is 1. The van der Waals surface area contributed by atoms with Gasteiger partial charge in [0.05, 0.1) is 18.5 Å². The van der Waals surface area contributed by atoms with E-state index in [-0.39, 0.29) is 23.0 Å². The van der Waals surface area contributed by atoms with E-state index in [1.54, 1.807) is 30.3 Å². The minimum atomic E-state index is -0.581. The number of H-pyrrole nitrogens is 1. The summed E-state index contributed by atoms with van der Waals surface area (Å²) in [6.07, 6.45) is 2.17. The molecule has 8 heteroatoms. The van der Waals surface area contributed by atoms with E-state index in [4.69, 9.17) is 4.74 Å². The minimum absolute atomic E-state index is 0.0625. The number of hydrogen-bond donors (Lipinski definition) is 2. The summed E-state index contributed by atoms with van der Waals surface area (Å²) >= 11 is 0. The molecule has 0 radical (unpaired) electrons. The molecule has 0 unspecified atom stereocenters. The first-order valence-electron chi connectivity index (χ1n) is 8.93. The third kappa shape index (κ3) is 4.84. The number of nitrogens with zero attached hydrogens (tertiary/aromatic N) is 3. The molecule has 0 aliphatic heterocycles. The van der Waals surface area contributed by atoms with E-state index in [0.29, 0.717) is 17.7 Å². The summed E-state index contributed by atoms with van der Waals surface area (Å²) in [5.41, 5.74) is 3.31. The van der Waals surface area contributed by atoms with Crippen molar-refractivity contribution < 1.29 is 9.13 Å². The van der Waals surface area contributed by atoms with Gasteiger partial charge in [-0.15, -0.1) is 0 Å². The molecule has 7 nitrogen and oxygen atoms in total. The molecule has 0 aliphatic carbocycles. The zero-order valence-corrected chi connectivity index (χ0v) is 15.6. The van der Waals surface area contributed by atoms with Gasteiger partial charge in [0, 0.05) is 5.56 Å². The van der Waals surface area contributed by atoms with Gasteiger partial charge in [0.15, 0.2) is 11.6 Å². The molecule has 3 rings (SSSR count). The zero-order valence-electron chi connectivity index (χ0n) is 15.6. The molecule has 2 N–H and O–H groups in total. The summed E-state index contributed by atoms with van der Waals surface area (Å²) in [4.78, 5) is 18.9. The second-order valence-corrected chi connectivity index (χ2v) is 6.02. The first-order valence-corrected chi connectivity index (χ1v) is 8.93. The van der Waals surface area contributed by atoms with Crippen LogP contribution in [0, 0.1) is 17.1 Å². The summed E-state index contributed by atoms with van der Waals surface area (Å²) in [6.45, 7) is 2.38. The van der Waals surface area contributed by atoms with Gasteiger partial charge in [-0.05, 0) is 30.2 Å². The highest BCUT2D eigenvalue weighted by atomic mass is 19.1. The molecule has 0 saturated heterocycles. The Hall–Kier alpha value is -3.99. The van der Waals surface area contributed by atoms with Gasteiger partial charge in [0.2, 0.25) is 5.95 Å². The molecule has 0 atom stereocenters. The van der Waals surface area contributed by atoms with Crippen LogP contribution >= 0.6 is 0 Å². The van der Waals surface area contributed by atoms with E-state index in [1.165, 1.54) is 18.3 Å². The Labute approximate surface area is 166 Å². The lowest BCUT2D eigenvalue weighted by molar-refractivity contribution is 0.301. The van der Waals surface area contributed by atoms with Crippen LogP contribution in [-0.4, -0.2) is 22.8 Å². The molecular formula is C21H18FN5O2. The molecule has 0 saturated carbocycles. The lowest BCUT2D eigenvalue weighted by Crippen LogP contribution is -2.16. The molecule has 146 valence electrons. The molecule has 29 heavy (non-hydrogen) atoms. The number of ether oxygens (including phenoxy) is 1. The fourth-order valence-electron chi connectivity index (χ4n) is 2.53. The van der Waals surface area contributed by atoms with Crippen molar-refractivity contribution in [3.05, 3.63) is 75.8 Å². The fraction of sp³-hybridized carbons (Fsp3) is 0.143. The SMILES string of the molecule is CCCOc1ccc(C=NNc2nc(-c3ccccc3)c(C#N)c(=O)[nH]2)cc1F. The standard InChI is InChI=1S/C21H18FN5O2/c1-2-10-29-18-9-8-14(11-17(18)22)13-24-27-21-25-19(15-6-4-3-5-7-15)16(12-23)20(28)26-21/h3-9,11,13H,2,10H2,1H3,(H2,25,26,27,28). The molecule has 1 heterocycles. The number of hydrazone groups is 1. The maximum Gasteiger partial charge on any atom is 0.270 e. The van der Waals surface area contributed by atoms with Crippen molar-refractivity contribution in [2.75, 3.05) is 12.0 Å². The Balaban J connectivity index is 1.81. The van der Waals surface area contributed by atoms with Crippen molar-refractivity contribution in [3.63, 3.8) is 0 Å². The fourth-order valence-corrected chi connectivity index (χ4v) is 2.53. The number of anilines is 1. The topological polar surface area (TPSA) is 103 Å². The lowest BCUT2D eigenvalue weighted by atomic mass is 10.1. The normalized spacial score (nSPS) is 10.7. The zero-order chi connectivity index (χ0) is 20.6. The van der Waals surface area contributed by atoms with Crippen LogP contribution in [0.4, 0.5) is 10.3 Å². The molecule has 0 fully saturated rings. The van der Waals surface area contributed by atoms with Crippen LogP contribution in [0.3, 0.4) is 0 Å². The summed E-state index contributed by atoms with van der Waals surface area (Å²) in [6, 6.07) is 15.2. The second-order valence-electron chi connectivity index (χ2n) is 6.02. The van der Waals surface area contributed by atoms with Gasteiger partial charge < -0.3 is 4.74 Å². The number of nitriles is 1. The Kier molecular flexibility index (Phi) is 6.32. The lowest BCUT2D eigenvalue weighted by Gasteiger charge is -2.07. The summed E-state index contributed by atoms with van der Waals surface area (Å²) in [5.74, 6) is -0.242. The minimum Gasteiger partial charge on any atom is -0.491 e. The van der Waals surface area contributed by atoms with E-state index < -0.39 is 11.4 Å². The van der Waals surface area contributed by atoms with Crippen LogP contribution in [0.25, 0.3) is 11.3 Å². The van der Waals surface area contributed by atoms with Gasteiger partial charge >= 0.3 is 0 Å². The van der Waals surface area contributed by atoms with Gasteiger partial charge in [-0.1, -0.05) is 37.3 Å². The number of hydrogen-bond acceptors (Lipinski definition) is 6. The van der Waals surface area contributed by atoms with Crippen molar-refractivity contribution in [1.82, 2.24) is 9.97 Å². The maximum absolute atomic E-state index is 14.0. The summed E-state index contributed by atoms with van der Waals surface area (Å²) in [7, 11) is 0. The first kappa shape index (κ1) is 19.8. The molecular weight excluding hydrogens is 373 g/mol. The predicted octanol–water partition coefficient (Wildman–Crippen LogP) is 3.68. The Morgan fingerprint density at radius 1 is 1.31 bits per heavy atom. The van der Waals surface area contributed by atoms with E-state index in [0.717, 1.165) is 6.42 Å². The van der Waals surface area contributed by atoms with Crippen molar-refractivity contribution in [1.29, 1.82) is 5.26 Å². The third-order valence-electron chi connectivity index (χ3n) is 3.88. The first-order chi connectivity index (χ1) is 14.1.